The van der Waals surface area contributed by atoms with E-state index in [0.717, 1.165) is 44.2 Å². The zero-order valence-electron chi connectivity index (χ0n) is 12.6. The van der Waals surface area contributed by atoms with Crippen LogP contribution in [0.3, 0.4) is 0 Å². The highest BCUT2D eigenvalue weighted by atomic mass is 32.2. The van der Waals surface area contributed by atoms with Gasteiger partial charge in [0.25, 0.3) is 0 Å². The average Bonchev–Trinajstić information content (AvgIpc) is 2.38. The van der Waals surface area contributed by atoms with Crippen molar-refractivity contribution in [3.05, 3.63) is 34.9 Å². The van der Waals surface area contributed by atoms with E-state index in [1.165, 1.54) is 16.7 Å². The number of hydrogen-bond acceptors (Lipinski definition) is 4. The summed E-state index contributed by atoms with van der Waals surface area (Å²) in [5.74, 6) is 1.80. The normalized spacial score (nSPS) is 18.1. The van der Waals surface area contributed by atoms with Gasteiger partial charge in [-0.2, -0.15) is 11.8 Å². The average molecular weight is 294 g/mol. The van der Waals surface area contributed by atoms with Crippen molar-refractivity contribution in [1.29, 1.82) is 0 Å². The quantitative estimate of drug-likeness (QED) is 0.839. The van der Waals surface area contributed by atoms with Gasteiger partial charge in [0.05, 0.1) is 6.10 Å². The van der Waals surface area contributed by atoms with E-state index in [4.69, 9.17) is 0 Å². The molecule has 1 saturated heterocycles. The first-order valence-electron chi connectivity index (χ1n) is 7.39. The Morgan fingerprint density at radius 2 is 1.85 bits per heavy atom. The van der Waals surface area contributed by atoms with Crippen LogP contribution in [-0.4, -0.2) is 54.6 Å². The number of aryl methyl sites for hydroxylation is 2. The number of aliphatic hydroxyl groups excluding tert-OH is 1. The fourth-order valence-corrected chi connectivity index (χ4v) is 3.61. The molecule has 3 nitrogen and oxygen atoms in total. The minimum absolute atomic E-state index is 0.219. The van der Waals surface area contributed by atoms with E-state index >= 15 is 0 Å². The van der Waals surface area contributed by atoms with Crippen LogP contribution in [0.25, 0.3) is 0 Å². The molecule has 1 atom stereocenters. The van der Waals surface area contributed by atoms with E-state index in [-0.39, 0.29) is 6.10 Å². The lowest BCUT2D eigenvalue weighted by Crippen LogP contribution is -2.46. The first-order valence-corrected chi connectivity index (χ1v) is 8.55. The number of benzene rings is 1. The summed E-state index contributed by atoms with van der Waals surface area (Å²) in [7, 11) is 0. The van der Waals surface area contributed by atoms with Crippen LogP contribution in [0.4, 0.5) is 0 Å². The predicted octanol–water partition coefficient (Wildman–Crippen LogP) is 1.80. The number of piperazine rings is 1. The van der Waals surface area contributed by atoms with Gasteiger partial charge in [-0.25, -0.2) is 0 Å². The molecule has 0 radical (unpaired) electrons. The summed E-state index contributed by atoms with van der Waals surface area (Å²) in [4.78, 5) is 2.35. The first kappa shape index (κ1) is 15.8. The summed E-state index contributed by atoms with van der Waals surface area (Å²) < 4.78 is 0. The van der Waals surface area contributed by atoms with Crippen LogP contribution in [0.15, 0.2) is 18.2 Å². The maximum absolute atomic E-state index is 10.1. The smallest absolute Gasteiger partial charge is 0.0757 e. The summed E-state index contributed by atoms with van der Waals surface area (Å²) in [5.41, 5.74) is 4.01. The van der Waals surface area contributed by atoms with Crippen molar-refractivity contribution in [2.24, 2.45) is 0 Å². The van der Waals surface area contributed by atoms with Gasteiger partial charge in [-0.1, -0.05) is 29.3 Å². The number of aliphatic hydroxyl groups is 1. The zero-order chi connectivity index (χ0) is 14.4. The standard InChI is InChI=1S/C16H26N2OS/c1-13-7-14(2)9-15(8-13)11-20-12-16(19)10-18-5-3-17-4-6-18/h7-9,16-17,19H,3-6,10-12H2,1-2H3. The van der Waals surface area contributed by atoms with Crippen molar-refractivity contribution in [3.8, 4) is 0 Å². The van der Waals surface area contributed by atoms with Crippen molar-refractivity contribution < 1.29 is 5.11 Å². The molecule has 1 aliphatic heterocycles. The van der Waals surface area contributed by atoms with Crippen LogP contribution < -0.4 is 5.32 Å². The van der Waals surface area contributed by atoms with E-state index in [1.54, 1.807) is 0 Å². The maximum Gasteiger partial charge on any atom is 0.0757 e. The van der Waals surface area contributed by atoms with Gasteiger partial charge in [-0.15, -0.1) is 0 Å². The van der Waals surface area contributed by atoms with Gasteiger partial charge < -0.3 is 10.4 Å². The monoisotopic (exact) mass is 294 g/mol. The molecular weight excluding hydrogens is 268 g/mol. The van der Waals surface area contributed by atoms with Crippen LogP contribution >= 0.6 is 11.8 Å². The molecule has 0 amide bonds. The van der Waals surface area contributed by atoms with Gasteiger partial charge in [-0.05, 0) is 19.4 Å². The predicted molar refractivity (Wildman–Crippen MR) is 87.4 cm³/mol. The Kier molecular flexibility index (Phi) is 6.36. The fourth-order valence-electron chi connectivity index (χ4n) is 2.71. The molecule has 1 unspecified atom stereocenters. The van der Waals surface area contributed by atoms with Crippen molar-refractivity contribution >= 4 is 11.8 Å². The van der Waals surface area contributed by atoms with Gasteiger partial charge in [0.1, 0.15) is 0 Å². The Labute approximate surface area is 126 Å². The third-order valence-corrected chi connectivity index (χ3v) is 4.70. The lowest BCUT2D eigenvalue weighted by Gasteiger charge is -2.28. The topological polar surface area (TPSA) is 35.5 Å². The van der Waals surface area contributed by atoms with Crippen LogP contribution in [0.1, 0.15) is 16.7 Å². The molecule has 0 spiro atoms. The highest BCUT2D eigenvalue weighted by Crippen LogP contribution is 2.16. The molecule has 1 aliphatic rings. The second-order valence-corrected chi connectivity index (χ2v) is 6.75. The molecule has 4 heteroatoms. The summed E-state index contributed by atoms with van der Waals surface area (Å²) in [6, 6.07) is 6.68. The Morgan fingerprint density at radius 1 is 1.20 bits per heavy atom. The molecule has 2 N–H and O–H groups in total. The van der Waals surface area contributed by atoms with Gasteiger partial charge in [0.15, 0.2) is 0 Å². The van der Waals surface area contributed by atoms with Crippen molar-refractivity contribution in [3.63, 3.8) is 0 Å². The van der Waals surface area contributed by atoms with E-state index in [0.29, 0.717) is 0 Å². The molecule has 1 heterocycles. The Morgan fingerprint density at radius 3 is 2.50 bits per heavy atom. The molecule has 2 rings (SSSR count). The van der Waals surface area contributed by atoms with E-state index in [2.05, 4.69) is 42.3 Å². The Bertz CT molecular complexity index is 399. The van der Waals surface area contributed by atoms with Gasteiger partial charge in [0.2, 0.25) is 0 Å². The third kappa shape index (κ3) is 5.44. The zero-order valence-corrected chi connectivity index (χ0v) is 13.4. The molecule has 112 valence electrons. The number of nitrogens with one attached hydrogen (secondary N) is 1. The number of β-amino-alcohol motifs (C(OH)–C–C–N with tert-alkyl or cyclic N) is 1. The molecule has 0 bridgehead atoms. The molecule has 1 aromatic carbocycles. The summed E-state index contributed by atoms with van der Waals surface area (Å²) >= 11 is 1.83. The number of rotatable bonds is 6. The second kappa shape index (κ2) is 8.03. The van der Waals surface area contributed by atoms with Crippen LogP contribution in [0.5, 0.6) is 0 Å². The number of hydrogen-bond donors (Lipinski definition) is 2. The summed E-state index contributed by atoms with van der Waals surface area (Å²) in [6.45, 7) is 9.28. The van der Waals surface area contributed by atoms with Crippen LogP contribution in [0, 0.1) is 13.8 Å². The molecule has 1 fully saturated rings. The highest BCUT2D eigenvalue weighted by molar-refractivity contribution is 7.98. The third-order valence-electron chi connectivity index (χ3n) is 3.54. The summed E-state index contributed by atoms with van der Waals surface area (Å²) in [6.07, 6.45) is -0.219. The lowest BCUT2D eigenvalue weighted by atomic mass is 10.1. The van der Waals surface area contributed by atoms with Gasteiger partial charge in [-0.3, -0.25) is 4.90 Å². The van der Waals surface area contributed by atoms with Gasteiger partial charge in [0, 0.05) is 44.2 Å². The lowest BCUT2D eigenvalue weighted by molar-refractivity contribution is 0.121. The maximum atomic E-state index is 10.1. The summed E-state index contributed by atoms with van der Waals surface area (Å²) in [5, 5.41) is 13.4. The van der Waals surface area contributed by atoms with E-state index in [1.807, 2.05) is 11.8 Å². The van der Waals surface area contributed by atoms with E-state index < -0.39 is 0 Å². The van der Waals surface area contributed by atoms with Crippen molar-refractivity contribution in [2.75, 3.05) is 38.5 Å². The second-order valence-electron chi connectivity index (χ2n) is 5.72. The Balaban J connectivity index is 1.69. The fraction of sp³-hybridized carbons (Fsp3) is 0.625. The van der Waals surface area contributed by atoms with Gasteiger partial charge >= 0.3 is 0 Å². The SMILES string of the molecule is Cc1cc(C)cc(CSCC(O)CN2CCNCC2)c1. The minimum atomic E-state index is -0.219. The molecular formula is C16H26N2OS. The van der Waals surface area contributed by atoms with E-state index in [9.17, 15) is 5.11 Å². The highest BCUT2D eigenvalue weighted by Gasteiger charge is 2.14. The molecule has 0 aromatic heterocycles. The van der Waals surface area contributed by atoms with Crippen molar-refractivity contribution in [1.82, 2.24) is 10.2 Å². The minimum Gasteiger partial charge on any atom is -0.391 e. The van der Waals surface area contributed by atoms with Crippen molar-refractivity contribution in [2.45, 2.75) is 25.7 Å². The Hall–Kier alpha value is -0.550. The molecule has 1 aromatic rings. The van der Waals surface area contributed by atoms with Crippen LogP contribution in [0.2, 0.25) is 0 Å². The first-order chi connectivity index (χ1) is 9.63. The largest absolute Gasteiger partial charge is 0.391 e. The van der Waals surface area contributed by atoms with Crippen LogP contribution in [-0.2, 0) is 5.75 Å². The number of thioether (sulfide) groups is 1. The molecule has 0 aliphatic carbocycles. The molecule has 0 saturated carbocycles. The number of nitrogens with zero attached hydrogens (tertiary/aromatic N) is 1. The molecule has 20 heavy (non-hydrogen) atoms.